The van der Waals surface area contributed by atoms with Gasteiger partial charge in [-0.15, -0.1) is 0 Å². The summed E-state index contributed by atoms with van der Waals surface area (Å²) >= 11 is 11.9. The summed E-state index contributed by atoms with van der Waals surface area (Å²) in [6.07, 6.45) is 0. The molecule has 0 spiro atoms. The van der Waals surface area contributed by atoms with Crippen molar-refractivity contribution in [2.45, 2.75) is 25.9 Å². The summed E-state index contributed by atoms with van der Waals surface area (Å²) in [6, 6.07) is 8.33. The number of halogens is 4. The van der Waals surface area contributed by atoms with Gasteiger partial charge in [0, 0.05) is 17.6 Å². The van der Waals surface area contributed by atoms with Gasteiger partial charge in [0.15, 0.2) is 0 Å². The van der Waals surface area contributed by atoms with E-state index in [0.29, 0.717) is 15.6 Å². The first-order valence-electron chi connectivity index (χ1n) is 6.54. The molecule has 2 atom stereocenters. The molecule has 21 heavy (non-hydrogen) atoms. The van der Waals surface area contributed by atoms with Gasteiger partial charge in [-0.25, -0.2) is 8.78 Å². The van der Waals surface area contributed by atoms with Crippen LogP contribution in [0, 0.1) is 11.6 Å². The fraction of sp³-hybridized carbons (Fsp3) is 0.250. The highest BCUT2D eigenvalue weighted by Crippen LogP contribution is 2.27. The molecule has 0 aliphatic heterocycles. The third kappa shape index (κ3) is 3.94. The lowest BCUT2D eigenvalue weighted by molar-refractivity contribution is 0.470. The molecule has 0 saturated heterocycles. The first-order chi connectivity index (χ1) is 9.88. The first-order valence-corrected chi connectivity index (χ1v) is 7.30. The Balaban J connectivity index is 2.16. The van der Waals surface area contributed by atoms with E-state index in [1.165, 1.54) is 6.07 Å². The van der Waals surface area contributed by atoms with Gasteiger partial charge >= 0.3 is 0 Å². The molecule has 0 aromatic heterocycles. The molecule has 2 aromatic rings. The van der Waals surface area contributed by atoms with Gasteiger partial charge in [-0.1, -0.05) is 29.3 Å². The lowest BCUT2D eigenvalue weighted by atomic mass is 10.0. The smallest absolute Gasteiger partial charge is 0.128 e. The van der Waals surface area contributed by atoms with Crippen LogP contribution >= 0.6 is 23.2 Å². The summed E-state index contributed by atoms with van der Waals surface area (Å²) in [5, 5.41) is 4.17. The summed E-state index contributed by atoms with van der Waals surface area (Å²) < 4.78 is 27.0. The predicted molar refractivity (Wildman–Crippen MR) is 82.8 cm³/mol. The molecular weight excluding hydrogens is 315 g/mol. The molecule has 0 fully saturated rings. The van der Waals surface area contributed by atoms with Crippen molar-refractivity contribution in [3.63, 3.8) is 0 Å². The molecule has 0 aliphatic carbocycles. The van der Waals surface area contributed by atoms with Crippen LogP contribution in [0.1, 0.15) is 37.1 Å². The average molecular weight is 330 g/mol. The molecule has 2 unspecified atom stereocenters. The lowest BCUT2D eigenvalue weighted by Gasteiger charge is -2.21. The van der Waals surface area contributed by atoms with Crippen molar-refractivity contribution in [2.24, 2.45) is 0 Å². The first kappa shape index (κ1) is 16.2. The molecule has 112 valence electrons. The SMILES string of the molecule is CC(NC(C)c1cc(F)ccc1F)c1ccc(Cl)c(Cl)c1. The summed E-state index contributed by atoms with van der Waals surface area (Å²) in [5.74, 6) is -0.889. The Morgan fingerprint density at radius 1 is 0.905 bits per heavy atom. The van der Waals surface area contributed by atoms with Crippen LogP contribution in [0.2, 0.25) is 10.0 Å². The molecule has 1 N–H and O–H groups in total. The maximum atomic E-state index is 13.7. The Morgan fingerprint density at radius 2 is 1.62 bits per heavy atom. The van der Waals surface area contributed by atoms with E-state index in [2.05, 4.69) is 5.32 Å². The number of hydrogen-bond acceptors (Lipinski definition) is 1. The highest BCUT2D eigenvalue weighted by Gasteiger charge is 2.16. The second-order valence-electron chi connectivity index (χ2n) is 4.95. The van der Waals surface area contributed by atoms with Crippen LogP contribution in [0.15, 0.2) is 36.4 Å². The largest absolute Gasteiger partial charge is 0.304 e. The van der Waals surface area contributed by atoms with E-state index < -0.39 is 11.6 Å². The minimum absolute atomic E-state index is 0.0857. The van der Waals surface area contributed by atoms with Gasteiger partial charge < -0.3 is 5.32 Å². The van der Waals surface area contributed by atoms with Crippen molar-refractivity contribution >= 4 is 23.2 Å². The second kappa shape index (κ2) is 6.73. The summed E-state index contributed by atoms with van der Waals surface area (Å²) in [5.41, 5.74) is 1.22. The summed E-state index contributed by atoms with van der Waals surface area (Å²) in [4.78, 5) is 0. The van der Waals surface area contributed by atoms with E-state index in [4.69, 9.17) is 23.2 Å². The van der Waals surface area contributed by atoms with Gasteiger partial charge in [-0.3, -0.25) is 0 Å². The molecule has 2 rings (SSSR count). The van der Waals surface area contributed by atoms with Crippen molar-refractivity contribution in [1.82, 2.24) is 5.32 Å². The number of nitrogens with one attached hydrogen (secondary N) is 1. The van der Waals surface area contributed by atoms with Gasteiger partial charge in [0.05, 0.1) is 10.0 Å². The van der Waals surface area contributed by atoms with Crippen LogP contribution in [0.25, 0.3) is 0 Å². The van der Waals surface area contributed by atoms with Gasteiger partial charge in [-0.2, -0.15) is 0 Å². The monoisotopic (exact) mass is 329 g/mol. The lowest BCUT2D eigenvalue weighted by Crippen LogP contribution is -2.23. The maximum absolute atomic E-state index is 13.7. The summed E-state index contributed by atoms with van der Waals surface area (Å²) in [6.45, 7) is 3.71. The minimum Gasteiger partial charge on any atom is -0.304 e. The Morgan fingerprint density at radius 3 is 2.29 bits per heavy atom. The van der Waals surface area contributed by atoms with Crippen molar-refractivity contribution in [2.75, 3.05) is 0 Å². The number of rotatable bonds is 4. The van der Waals surface area contributed by atoms with E-state index >= 15 is 0 Å². The van der Waals surface area contributed by atoms with Gasteiger partial charge in [0.2, 0.25) is 0 Å². The Kier molecular flexibility index (Phi) is 5.20. The summed E-state index contributed by atoms with van der Waals surface area (Å²) in [7, 11) is 0. The Labute approximate surface area is 132 Å². The maximum Gasteiger partial charge on any atom is 0.128 e. The molecule has 0 aliphatic rings. The normalized spacial score (nSPS) is 14.0. The number of hydrogen-bond donors (Lipinski definition) is 1. The third-order valence-corrected chi connectivity index (χ3v) is 4.11. The zero-order valence-electron chi connectivity index (χ0n) is 11.6. The van der Waals surface area contributed by atoms with Gasteiger partial charge in [0.25, 0.3) is 0 Å². The molecule has 0 radical (unpaired) electrons. The van der Waals surface area contributed by atoms with Crippen molar-refractivity contribution in [1.29, 1.82) is 0 Å². The van der Waals surface area contributed by atoms with Crippen LogP contribution < -0.4 is 5.32 Å². The molecule has 1 nitrogen and oxygen atoms in total. The zero-order chi connectivity index (χ0) is 15.6. The average Bonchev–Trinajstić information content (AvgIpc) is 2.44. The van der Waals surface area contributed by atoms with Crippen LogP contribution in [-0.2, 0) is 0 Å². The molecule has 5 heteroatoms. The second-order valence-corrected chi connectivity index (χ2v) is 5.76. The van der Waals surface area contributed by atoms with Gasteiger partial charge in [-0.05, 0) is 49.7 Å². The van der Waals surface area contributed by atoms with Crippen molar-refractivity contribution < 1.29 is 8.78 Å². The highest BCUT2D eigenvalue weighted by molar-refractivity contribution is 6.42. The van der Waals surface area contributed by atoms with E-state index in [-0.39, 0.29) is 12.1 Å². The topological polar surface area (TPSA) is 12.0 Å². The van der Waals surface area contributed by atoms with Crippen LogP contribution in [0.4, 0.5) is 8.78 Å². The molecule has 0 amide bonds. The van der Waals surface area contributed by atoms with Crippen LogP contribution in [-0.4, -0.2) is 0 Å². The Bertz CT molecular complexity index is 646. The fourth-order valence-electron chi connectivity index (χ4n) is 2.19. The number of benzene rings is 2. The van der Waals surface area contributed by atoms with E-state index in [9.17, 15) is 8.78 Å². The van der Waals surface area contributed by atoms with Crippen LogP contribution in [0.5, 0.6) is 0 Å². The fourth-order valence-corrected chi connectivity index (χ4v) is 2.50. The molecule has 0 saturated carbocycles. The Hall–Kier alpha value is -1.16. The highest BCUT2D eigenvalue weighted by atomic mass is 35.5. The minimum atomic E-state index is -0.456. The molecular formula is C16H15Cl2F2N. The van der Waals surface area contributed by atoms with Crippen molar-refractivity contribution in [3.05, 3.63) is 69.2 Å². The van der Waals surface area contributed by atoms with E-state index in [1.54, 1.807) is 19.1 Å². The third-order valence-electron chi connectivity index (χ3n) is 3.37. The van der Waals surface area contributed by atoms with E-state index in [0.717, 1.165) is 17.7 Å². The van der Waals surface area contributed by atoms with Gasteiger partial charge in [0.1, 0.15) is 11.6 Å². The quantitative estimate of drug-likeness (QED) is 0.760. The molecule has 0 bridgehead atoms. The molecule has 0 heterocycles. The zero-order valence-corrected chi connectivity index (χ0v) is 13.1. The molecule has 2 aromatic carbocycles. The van der Waals surface area contributed by atoms with Crippen molar-refractivity contribution in [3.8, 4) is 0 Å². The van der Waals surface area contributed by atoms with E-state index in [1.807, 2.05) is 13.0 Å². The van der Waals surface area contributed by atoms with Crippen LogP contribution in [0.3, 0.4) is 0 Å². The standard InChI is InChI=1S/C16H15Cl2F2N/c1-9(11-3-5-14(17)15(18)7-11)21-10(2)13-8-12(19)4-6-16(13)20/h3-10,21H,1-2H3. The predicted octanol–water partition coefficient (Wildman–Crippen LogP) is 5.68.